The van der Waals surface area contributed by atoms with E-state index in [1.165, 1.54) is 0 Å². The van der Waals surface area contributed by atoms with Crippen molar-refractivity contribution in [3.8, 4) is 11.8 Å². The number of ether oxygens (including phenoxy) is 1. The molecule has 4 heteroatoms. The average Bonchev–Trinajstić information content (AvgIpc) is 2.20. The van der Waals surface area contributed by atoms with Crippen molar-refractivity contribution in [3.05, 3.63) is 23.5 Å². The molecule has 1 unspecified atom stereocenters. The van der Waals surface area contributed by atoms with E-state index in [1.54, 1.807) is 26.0 Å². The highest BCUT2D eigenvalue weighted by Gasteiger charge is 2.08. The summed E-state index contributed by atoms with van der Waals surface area (Å²) in [5, 5.41) is 8.53. The monoisotopic (exact) mass is 190 g/mol. The van der Waals surface area contributed by atoms with E-state index in [1.807, 2.05) is 6.07 Å². The molecule has 1 aromatic rings. The van der Waals surface area contributed by atoms with Crippen LogP contribution in [0.15, 0.2) is 12.1 Å². The molecule has 4 nitrogen and oxygen atoms in total. The minimum atomic E-state index is -0.585. The summed E-state index contributed by atoms with van der Waals surface area (Å²) in [4.78, 5) is 14.6. The quantitative estimate of drug-likeness (QED) is 0.677. The van der Waals surface area contributed by atoms with Gasteiger partial charge in [0.25, 0.3) is 0 Å². The van der Waals surface area contributed by atoms with E-state index in [-0.39, 0.29) is 5.69 Å². The van der Waals surface area contributed by atoms with Crippen LogP contribution in [-0.2, 0) is 0 Å². The molecular formula is C10H10N2O2. The number of hydrogen-bond acceptors (Lipinski definition) is 4. The Balaban J connectivity index is 2.97. The number of rotatable bonds is 3. The van der Waals surface area contributed by atoms with Crippen molar-refractivity contribution in [3.63, 3.8) is 0 Å². The molecule has 0 bridgehead atoms. The lowest BCUT2D eigenvalue weighted by molar-refractivity contribution is 0.111. The van der Waals surface area contributed by atoms with Crippen LogP contribution in [0.25, 0.3) is 0 Å². The van der Waals surface area contributed by atoms with E-state index >= 15 is 0 Å². The van der Waals surface area contributed by atoms with Gasteiger partial charge in [0.1, 0.15) is 17.5 Å². The first-order valence-corrected chi connectivity index (χ1v) is 4.16. The van der Waals surface area contributed by atoms with Gasteiger partial charge in [0.2, 0.25) is 0 Å². The first-order valence-electron chi connectivity index (χ1n) is 4.16. The van der Waals surface area contributed by atoms with Gasteiger partial charge >= 0.3 is 0 Å². The molecular weight excluding hydrogens is 180 g/mol. The number of aromatic nitrogens is 1. The highest BCUT2D eigenvalue weighted by atomic mass is 16.5. The Labute approximate surface area is 82.1 Å². The average molecular weight is 190 g/mol. The molecule has 0 aromatic carbocycles. The summed E-state index contributed by atoms with van der Waals surface area (Å²) >= 11 is 0. The summed E-state index contributed by atoms with van der Waals surface area (Å²) in [7, 11) is 0. The second-order valence-electron chi connectivity index (χ2n) is 2.84. The topological polar surface area (TPSA) is 63.0 Å². The van der Waals surface area contributed by atoms with Crippen LogP contribution in [0, 0.1) is 18.3 Å². The zero-order valence-electron chi connectivity index (χ0n) is 8.02. The van der Waals surface area contributed by atoms with Gasteiger partial charge in [-0.3, -0.25) is 4.79 Å². The standard InChI is InChI=1S/C10H10N2O2/c1-7-3-4-10(9(6-13)12-7)14-8(2)5-11/h3-4,6,8H,1-2H3. The van der Waals surface area contributed by atoms with E-state index < -0.39 is 6.10 Å². The van der Waals surface area contributed by atoms with Gasteiger partial charge in [-0.1, -0.05) is 0 Å². The summed E-state index contributed by atoms with van der Waals surface area (Å²) in [6.45, 7) is 3.39. The summed E-state index contributed by atoms with van der Waals surface area (Å²) < 4.78 is 5.19. The van der Waals surface area contributed by atoms with Crippen LogP contribution in [0.1, 0.15) is 23.1 Å². The Morgan fingerprint density at radius 3 is 2.93 bits per heavy atom. The molecule has 0 radical (unpaired) electrons. The number of nitriles is 1. The molecule has 0 spiro atoms. The molecule has 14 heavy (non-hydrogen) atoms. The van der Waals surface area contributed by atoms with Crippen LogP contribution >= 0.6 is 0 Å². The molecule has 0 aliphatic heterocycles. The van der Waals surface area contributed by atoms with E-state index in [0.717, 1.165) is 5.69 Å². The first-order chi connectivity index (χ1) is 6.67. The molecule has 0 saturated carbocycles. The summed E-state index contributed by atoms with van der Waals surface area (Å²) in [6.07, 6.45) is 0.0325. The molecule has 0 aliphatic rings. The van der Waals surface area contributed by atoms with Gasteiger partial charge in [-0.25, -0.2) is 4.98 Å². The smallest absolute Gasteiger partial charge is 0.181 e. The molecule has 1 rings (SSSR count). The van der Waals surface area contributed by atoms with Crippen LogP contribution in [0.5, 0.6) is 5.75 Å². The second kappa shape index (κ2) is 4.38. The molecule has 72 valence electrons. The van der Waals surface area contributed by atoms with E-state index in [9.17, 15) is 4.79 Å². The maximum absolute atomic E-state index is 10.6. The lowest BCUT2D eigenvalue weighted by Gasteiger charge is -2.09. The lowest BCUT2D eigenvalue weighted by Crippen LogP contribution is -2.10. The van der Waals surface area contributed by atoms with Crippen molar-refractivity contribution in [1.82, 2.24) is 4.98 Å². The van der Waals surface area contributed by atoms with E-state index in [2.05, 4.69) is 4.98 Å². The molecule has 1 atom stereocenters. The molecule has 0 fully saturated rings. The zero-order chi connectivity index (χ0) is 10.6. The van der Waals surface area contributed by atoms with E-state index in [0.29, 0.717) is 12.0 Å². The Morgan fingerprint density at radius 1 is 1.64 bits per heavy atom. The third kappa shape index (κ3) is 2.30. The predicted octanol–water partition coefficient (Wildman–Crippen LogP) is 1.49. The summed E-state index contributed by atoms with van der Waals surface area (Å²) in [5.74, 6) is 0.347. The number of nitrogens with zero attached hydrogens (tertiary/aromatic N) is 2. The largest absolute Gasteiger partial charge is 0.473 e. The van der Waals surface area contributed by atoms with Gasteiger partial charge in [0, 0.05) is 5.69 Å². The number of carbonyl (C=O) groups excluding carboxylic acids is 1. The number of hydrogen-bond donors (Lipinski definition) is 0. The maximum atomic E-state index is 10.6. The Bertz CT molecular complexity index is 382. The van der Waals surface area contributed by atoms with Crippen molar-refractivity contribution in [2.24, 2.45) is 0 Å². The zero-order valence-corrected chi connectivity index (χ0v) is 8.02. The van der Waals surface area contributed by atoms with Crippen LogP contribution in [0.3, 0.4) is 0 Å². The lowest BCUT2D eigenvalue weighted by atomic mass is 10.3. The fourth-order valence-electron chi connectivity index (χ4n) is 0.965. The number of aryl methyl sites for hydroxylation is 1. The number of aldehydes is 1. The minimum Gasteiger partial charge on any atom is -0.473 e. The highest BCUT2D eigenvalue weighted by molar-refractivity contribution is 5.76. The van der Waals surface area contributed by atoms with E-state index in [4.69, 9.17) is 10.00 Å². The highest BCUT2D eigenvalue weighted by Crippen LogP contribution is 2.16. The third-order valence-electron chi connectivity index (χ3n) is 1.62. The van der Waals surface area contributed by atoms with Gasteiger partial charge in [-0.2, -0.15) is 5.26 Å². The van der Waals surface area contributed by atoms with Crippen molar-refractivity contribution >= 4 is 6.29 Å². The fraction of sp³-hybridized carbons (Fsp3) is 0.300. The number of pyridine rings is 1. The van der Waals surface area contributed by atoms with Gasteiger partial charge in [-0.05, 0) is 26.0 Å². The summed E-state index contributed by atoms with van der Waals surface area (Å²) in [5.41, 5.74) is 0.969. The number of carbonyl (C=O) groups is 1. The van der Waals surface area contributed by atoms with Crippen LogP contribution in [0.2, 0.25) is 0 Å². The van der Waals surface area contributed by atoms with Gasteiger partial charge in [0.15, 0.2) is 12.4 Å². The predicted molar refractivity (Wildman–Crippen MR) is 50.1 cm³/mol. The van der Waals surface area contributed by atoms with Crippen LogP contribution in [0.4, 0.5) is 0 Å². The Kier molecular flexibility index (Phi) is 3.19. The third-order valence-corrected chi connectivity index (χ3v) is 1.62. The normalized spacial score (nSPS) is 11.5. The molecule has 0 saturated heterocycles. The molecule has 0 amide bonds. The van der Waals surface area contributed by atoms with Crippen molar-refractivity contribution in [2.45, 2.75) is 20.0 Å². The first kappa shape index (κ1) is 10.2. The van der Waals surface area contributed by atoms with Crippen LogP contribution in [-0.4, -0.2) is 17.4 Å². The van der Waals surface area contributed by atoms with Crippen LogP contribution < -0.4 is 4.74 Å². The van der Waals surface area contributed by atoms with Gasteiger partial charge in [-0.15, -0.1) is 0 Å². The van der Waals surface area contributed by atoms with Crippen molar-refractivity contribution in [2.75, 3.05) is 0 Å². The molecule has 0 aliphatic carbocycles. The Hall–Kier alpha value is -1.89. The summed E-state index contributed by atoms with van der Waals surface area (Å²) in [6, 6.07) is 5.28. The Morgan fingerprint density at radius 2 is 2.36 bits per heavy atom. The second-order valence-corrected chi connectivity index (χ2v) is 2.84. The maximum Gasteiger partial charge on any atom is 0.181 e. The minimum absolute atomic E-state index is 0.229. The van der Waals surface area contributed by atoms with Crippen molar-refractivity contribution < 1.29 is 9.53 Å². The molecule has 1 heterocycles. The SMILES string of the molecule is Cc1ccc(OC(C)C#N)c(C=O)n1. The molecule has 0 N–H and O–H groups in total. The molecule has 1 aromatic heterocycles. The fourth-order valence-corrected chi connectivity index (χ4v) is 0.965. The van der Waals surface area contributed by atoms with Gasteiger partial charge < -0.3 is 4.74 Å². The van der Waals surface area contributed by atoms with Crippen molar-refractivity contribution in [1.29, 1.82) is 5.26 Å². The van der Waals surface area contributed by atoms with Gasteiger partial charge in [0.05, 0.1) is 0 Å².